The van der Waals surface area contributed by atoms with Crippen molar-refractivity contribution in [2.75, 3.05) is 25.0 Å². The molecule has 0 fully saturated rings. The van der Waals surface area contributed by atoms with E-state index in [1.54, 1.807) is 24.3 Å². The van der Waals surface area contributed by atoms with Gasteiger partial charge in [0.05, 0.1) is 6.54 Å². The van der Waals surface area contributed by atoms with E-state index in [0.29, 0.717) is 12.2 Å². The lowest BCUT2D eigenvalue weighted by molar-refractivity contribution is -0.117. The third-order valence-corrected chi connectivity index (χ3v) is 2.60. The van der Waals surface area contributed by atoms with E-state index in [1.165, 1.54) is 0 Å². The average molecular weight is 287 g/mol. The van der Waals surface area contributed by atoms with Crippen LogP contribution in [0.15, 0.2) is 24.3 Å². The lowest BCUT2D eigenvalue weighted by Crippen LogP contribution is -2.34. The van der Waals surface area contributed by atoms with Crippen LogP contribution in [-0.2, 0) is 4.79 Å². The lowest BCUT2D eigenvalue weighted by atomic mass is 10.3. The highest BCUT2D eigenvalue weighted by Gasteiger charge is 2.09. The van der Waals surface area contributed by atoms with E-state index < -0.39 is 0 Å². The molecule has 0 heterocycles. The second kappa shape index (κ2) is 9.64. The first-order valence-corrected chi connectivity index (χ1v) is 6.47. The fourth-order valence-corrected chi connectivity index (χ4v) is 1.85. The van der Waals surface area contributed by atoms with Gasteiger partial charge in [-0.25, -0.2) is 0 Å². The molecule has 0 atom stereocenters. The number of carbonyl (C=O) groups excluding carboxylic acids is 1. The molecule has 1 amide bonds. The van der Waals surface area contributed by atoms with Crippen LogP contribution < -0.4 is 5.32 Å². The largest absolute Gasteiger partial charge is 0.508 e. The first-order chi connectivity index (χ1) is 8.65. The summed E-state index contributed by atoms with van der Waals surface area (Å²) < 4.78 is 0. The number of benzene rings is 1. The topological polar surface area (TPSA) is 52.6 Å². The third-order valence-electron chi connectivity index (χ3n) is 2.60. The van der Waals surface area contributed by atoms with Crippen molar-refractivity contribution in [3.8, 4) is 5.75 Å². The van der Waals surface area contributed by atoms with Crippen LogP contribution in [0.5, 0.6) is 5.75 Å². The Bertz CT molecular complexity index is 362. The number of carbonyl (C=O) groups is 1. The Labute approximate surface area is 121 Å². The molecular formula is C14H23ClN2O2. The summed E-state index contributed by atoms with van der Waals surface area (Å²) in [5.41, 5.74) is 0.714. The summed E-state index contributed by atoms with van der Waals surface area (Å²) >= 11 is 0. The van der Waals surface area contributed by atoms with Gasteiger partial charge >= 0.3 is 0 Å². The molecule has 0 aliphatic heterocycles. The Balaban J connectivity index is 0.00000324. The quantitative estimate of drug-likeness (QED) is 0.758. The molecule has 0 aliphatic rings. The molecular weight excluding hydrogens is 264 g/mol. The van der Waals surface area contributed by atoms with E-state index in [0.717, 1.165) is 25.9 Å². The van der Waals surface area contributed by atoms with Gasteiger partial charge in [-0.05, 0) is 50.2 Å². The Morgan fingerprint density at radius 3 is 2.16 bits per heavy atom. The molecule has 0 saturated heterocycles. The van der Waals surface area contributed by atoms with Gasteiger partial charge in [-0.1, -0.05) is 13.8 Å². The minimum atomic E-state index is -0.0115. The molecule has 0 radical (unpaired) electrons. The van der Waals surface area contributed by atoms with Gasteiger partial charge in [0.2, 0.25) is 5.91 Å². The Morgan fingerprint density at radius 2 is 1.68 bits per heavy atom. The molecule has 2 N–H and O–H groups in total. The number of nitrogens with one attached hydrogen (secondary N) is 1. The van der Waals surface area contributed by atoms with Crippen molar-refractivity contribution in [1.29, 1.82) is 0 Å². The SMILES string of the molecule is CCCN(CCC)CC(=O)Nc1ccc(O)cc1.Cl. The van der Waals surface area contributed by atoms with Gasteiger partial charge in [0.25, 0.3) is 0 Å². The minimum absolute atomic E-state index is 0. The summed E-state index contributed by atoms with van der Waals surface area (Å²) in [4.78, 5) is 14.0. The number of nitrogens with zero attached hydrogens (tertiary/aromatic N) is 1. The van der Waals surface area contributed by atoms with Gasteiger partial charge < -0.3 is 10.4 Å². The smallest absolute Gasteiger partial charge is 0.238 e. The maximum absolute atomic E-state index is 11.8. The molecule has 19 heavy (non-hydrogen) atoms. The van der Waals surface area contributed by atoms with Crippen molar-refractivity contribution in [3.05, 3.63) is 24.3 Å². The monoisotopic (exact) mass is 286 g/mol. The zero-order chi connectivity index (χ0) is 13.4. The predicted molar refractivity (Wildman–Crippen MR) is 81.0 cm³/mol. The van der Waals surface area contributed by atoms with Gasteiger partial charge in [0.15, 0.2) is 0 Å². The van der Waals surface area contributed by atoms with Gasteiger partial charge in [-0.2, -0.15) is 0 Å². The van der Waals surface area contributed by atoms with Crippen LogP contribution in [0.4, 0.5) is 5.69 Å². The fourth-order valence-electron chi connectivity index (χ4n) is 1.85. The normalized spacial score (nSPS) is 10.1. The van der Waals surface area contributed by atoms with Crippen LogP contribution >= 0.6 is 12.4 Å². The maximum atomic E-state index is 11.8. The van der Waals surface area contributed by atoms with Gasteiger partial charge in [-0.3, -0.25) is 9.69 Å². The number of aromatic hydroxyl groups is 1. The number of halogens is 1. The van der Waals surface area contributed by atoms with Gasteiger partial charge in [-0.15, -0.1) is 12.4 Å². The number of hydrogen-bond donors (Lipinski definition) is 2. The molecule has 1 aromatic rings. The number of amides is 1. The molecule has 0 saturated carbocycles. The summed E-state index contributed by atoms with van der Waals surface area (Å²) in [6.45, 7) is 6.53. The highest BCUT2D eigenvalue weighted by molar-refractivity contribution is 5.92. The summed E-state index contributed by atoms with van der Waals surface area (Å²) in [7, 11) is 0. The standard InChI is InChI=1S/C14H22N2O2.ClH/c1-3-9-16(10-4-2)11-14(18)15-12-5-7-13(17)8-6-12;/h5-8,17H,3-4,9-11H2,1-2H3,(H,15,18);1H. The highest BCUT2D eigenvalue weighted by atomic mass is 35.5. The minimum Gasteiger partial charge on any atom is -0.508 e. The van der Waals surface area contributed by atoms with E-state index in [1.807, 2.05) is 0 Å². The zero-order valence-electron chi connectivity index (χ0n) is 11.6. The van der Waals surface area contributed by atoms with E-state index >= 15 is 0 Å². The van der Waals surface area contributed by atoms with E-state index in [4.69, 9.17) is 5.11 Å². The van der Waals surface area contributed by atoms with Crippen molar-refractivity contribution in [2.24, 2.45) is 0 Å². The van der Waals surface area contributed by atoms with Crippen LogP contribution in [0.3, 0.4) is 0 Å². The van der Waals surface area contributed by atoms with Crippen LogP contribution in [0, 0.1) is 0 Å². The molecule has 0 unspecified atom stereocenters. The fraction of sp³-hybridized carbons (Fsp3) is 0.500. The summed E-state index contributed by atoms with van der Waals surface area (Å²) in [6, 6.07) is 6.51. The molecule has 0 aromatic heterocycles. The van der Waals surface area contributed by atoms with E-state index in [9.17, 15) is 4.79 Å². The number of phenols is 1. The Hall–Kier alpha value is -1.26. The van der Waals surface area contributed by atoms with Crippen LogP contribution in [-0.4, -0.2) is 35.5 Å². The summed E-state index contributed by atoms with van der Waals surface area (Å²) in [5, 5.41) is 12.0. The zero-order valence-corrected chi connectivity index (χ0v) is 12.4. The van der Waals surface area contributed by atoms with Gasteiger partial charge in [0, 0.05) is 5.69 Å². The van der Waals surface area contributed by atoms with Crippen molar-refractivity contribution in [2.45, 2.75) is 26.7 Å². The summed E-state index contributed by atoms with van der Waals surface area (Å²) in [5.74, 6) is 0.189. The molecule has 1 rings (SSSR count). The molecule has 0 spiro atoms. The Kier molecular flexibility index (Phi) is 9.00. The van der Waals surface area contributed by atoms with Crippen LogP contribution in [0.2, 0.25) is 0 Å². The van der Waals surface area contributed by atoms with Crippen molar-refractivity contribution in [3.63, 3.8) is 0 Å². The highest BCUT2D eigenvalue weighted by Crippen LogP contribution is 2.13. The van der Waals surface area contributed by atoms with Crippen molar-refractivity contribution >= 4 is 24.0 Å². The van der Waals surface area contributed by atoms with Crippen molar-refractivity contribution < 1.29 is 9.90 Å². The van der Waals surface area contributed by atoms with Gasteiger partial charge in [0.1, 0.15) is 5.75 Å². The van der Waals surface area contributed by atoms with Crippen LogP contribution in [0.25, 0.3) is 0 Å². The molecule has 108 valence electrons. The molecule has 1 aromatic carbocycles. The second-order valence-corrected chi connectivity index (χ2v) is 4.37. The average Bonchev–Trinajstić information content (AvgIpc) is 2.33. The predicted octanol–water partition coefficient (Wildman–Crippen LogP) is 2.87. The van der Waals surface area contributed by atoms with E-state index in [2.05, 4.69) is 24.1 Å². The first kappa shape index (κ1) is 17.7. The van der Waals surface area contributed by atoms with Crippen molar-refractivity contribution in [1.82, 2.24) is 4.90 Å². The number of phenolic OH excluding ortho intramolecular Hbond substituents is 1. The lowest BCUT2D eigenvalue weighted by Gasteiger charge is -2.20. The number of hydrogen-bond acceptors (Lipinski definition) is 3. The number of anilines is 1. The number of rotatable bonds is 7. The molecule has 4 nitrogen and oxygen atoms in total. The molecule has 0 bridgehead atoms. The second-order valence-electron chi connectivity index (χ2n) is 4.37. The molecule has 5 heteroatoms. The van der Waals surface area contributed by atoms with E-state index in [-0.39, 0.29) is 24.1 Å². The van der Waals surface area contributed by atoms with Crippen LogP contribution in [0.1, 0.15) is 26.7 Å². The molecule has 0 aliphatic carbocycles. The Morgan fingerprint density at radius 1 is 1.16 bits per heavy atom. The first-order valence-electron chi connectivity index (χ1n) is 6.47. The third kappa shape index (κ3) is 7.03. The maximum Gasteiger partial charge on any atom is 0.238 e. The summed E-state index contributed by atoms with van der Waals surface area (Å²) in [6.07, 6.45) is 2.10.